The van der Waals surface area contributed by atoms with Crippen molar-refractivity contribution in [3.8, 4) is 0 Å². The number of hydrogen-bond acceptors (Lipinski definition) is 3. The van der Waals surface area contributed by atoms with Gasteiger partial charge in [-0.2, -0.15) is 0 Å². The van der Waals surface area contributed by atoms with E-state index < -0.39 is 11.9 Å². The largest absolute Gasteiger partial charge is 0.481 e. The van der Waals surface area contributed by atoms with E-state index in [0.29, 0.717) is 6.42 Å². The van der Waals surface area contributed by atoms with Crippen molar-refractivity contribution in [1.82, 2.24) is 0 Å². The Bertz CT molecular complexity index is 116. The van der Waals surface area contributed by atoms with Gasteiger partial charge in [0.25, 0.3) is 5.97 Å². The van der Waals surface area contributed by atoms with Crippen LogP contribution in [0.5, 0.6) is 0 Å². The summed E-state index contributed by atoms with van der Waals surface area (Å²) in [5.41, 5.74) is 0. The molecule has 5 nitrogen and oxygen atoms in total. The minimum absolute atomic E-state index is 0.0354. The van der Waals surface area contributed by atoms with Gasteiger partial charge in [0.05, 0.1) is 0 Å². The molecule has 0 aromatic carbocycles. The van der Waals surface area contributed by atoms with Crippen molar-refractivity contribution in [3.05, 3.63) is 0 Å². The molecule has 11 heavy (non-hydrogen) atoms. The summed E-state index contributed by atoms with van der Waals surface area (Å²) in [6.45, 7) is 1.05. The summed E-state index contributed by atoms with van der Waals surface area (Å²) >= 11 is 0. The third-order valence-electron chi connectivity index (χ3n) is 0.549. The Morgan fingerprint density at radius 2 is 1.64 bits per heavy atom. The third-order valence-corrected chi connectivity index (χ3v) is 0.549. The molecule has 3 N–H and O–H groups in total. The van der Waals surface area contributed by atoms with Gasteiger partial charge >= 0.3 is 5.97 Å². The van der Waals surface area contributed by atoms with Gasteiger partial charge in [-0.3, -0.25) is 9.59 Å². The number of aliphatic carboxylic acids is 2. The van der Waals surface area contributed by atoms with Crippen LogP contribution in [-0.2, 0) is 9.59 Å². The second kappa shape index (κ2) is 8.90. The number of carboxylic acid groups (broad SMARTS) is 2. The van der Waals surface area contributed by atoms with Crippen LogP contribution in [0.15, 0.2) is 0 Å². The first-order chi connectivity index (χ1) is 5.00. The summed E-state index contributed by atoms with van der Waals surface area (Å²) in [6, 6.07) is 0. The standard InChI is InChI=1S/C4H8O3.C2H4O2/c5-3-1-2-4(6)7;1-2(3)4/h5H,1-3H2,(H,6,7);1H3,(H,3,4). The maximum atomic E-state index is 9.65. The first-order valence-electron chi connectivity index (χ1n) is 3.03. The SMILES string of the molecule is CC(=O)O.O=C(O)CCCO. The molecule has 0 radical (unpaired) electrons. The maximum Gasteiger partial charge on any atom is 0.303 e. The quantitative estimate of drug-likeness (QED) is 0.543. The number of aliphatic hydroxyl groups is 1. The number of hydrogen-bond donors (Lipinski definition) is 3. The monoisotopic (exact) mass is 164 g/mol. The Hall–Kier alpha value is -1.10. The van der Waals surface area contributed by atoms with Crippen LogP contribution < -0.4 is 0 Å². The highest BCUT2D eigenvalue weighted by Crippen LogP contribution is 1.83. The molecule has 0 spiro atoms. The Balaban J connectivity index is 0. The van der Waals surface area contributed by atoms with Gasteiger partial charge in [-0.15, -0.1) is 0 Å². The minimum atomic E-state index is -0.853. The lowest BCUT2D eigenvalue weighted by Gasteiger charge is -1.85. The van der Waals surface area contributed by atoms with Crippen LogP contribution in [0.3, 0.4) is 0 Å². The average Bonchev–Trinajstić information content (AvgIpc) is 1.82. The molecule has 0 aromatic heterocycles. The summed E-state index contributed by atoms with van der Waals surface area (Å²) in [7, 11) is 0. The van der Waals surface area contributed by atoms with Gasteiger partial charge in [0, 0.05) is 20.0 Å². The topological polar surface area (TPSA) is 94.8 Å². The fourth-order valence-corrected chi connectivity index (χ4v) is 0.230. The predicted octanol–water partition coefficient (Wildman–Crippen LogP) is -0.0656. The van der Waals surface area contributed by atoms with E-state index in [2.05, 4.69) is 0 Å². The van der Waals surface area contributed by atoms with Crippen LogP contribution in [0.25, 0.3) is 0 Å². The number of aliphatic hydroxyl groups excluding tert-OH is 1. The lowest BCUT2D eigenvalue weighted by molar-refractivity contribution is -0.137. The summed E-state index contributed by atoms with van der Waals surface area (Å²) < 4.78 is 0. The van der Waals surface area contributed by atoms with Crippen molar-refractivity contribution < 1.29 is 24.9 Å². The highest BCUT2D eigenvalue weighted by Gasteiger charge is 1.91. The molecule has 0 atom stereocenters. The van der Waals surface area contributed by atoms with Gasteiger partial charge in [-0.05, 0) is 6.42 Å². The molecule has 0 bridgehead atoms. The minimum Gasteiger partial charge on any atom is -0.481 e. The molecule has 0 unspecified atom stereocenters. The molecular weight excluding hydrogens is 152 g/mol. The molecule has 66 valence electrons. The Kier molecular flexibility index (Phi) is 10.2. The zero-order chi connectivity index (χ0) is 9.28. The molecule has 0 aliphatic heterocycles. The highest BCUT2D eigenvalue weighted by atomic mass is 16.4. The Morgan fingerprint density at radius 3 is 1.73 bits per heavy atom. The number of carbonyl (C=O) groups is 2. The average molecular weight is 164 g/mol. The van der Waals surface area contributed by atoms with Crippen LogP contribution in [0, 0.1) is 0 Å². The van der Waals surface area contributed by atoms with Crippen LogP contribution >= 0.6 is 0 Å². The smallest absolute Gasteiger partial charge is 0.303 e. The van der Waals surface area contributed by atoms with Crippen LogP contribution in [0.4, 0.5) is 0 Å². The van der Waals surface area contributed by atoms with Gasteiger partial charge in [0.1, 0.15) is 0 Å². The van der Waals surface area contributed by atoms with E-state index in [9.17, 15) is 4.79 Å². The van der Waals surface area contributed by atoms with Crippen LogP contribution in [-0.4, -0.2) is 33.9 Å². The van der Waals surface area contributed by atoms with E-state index in [4.69, 9.17) is 20.1 Å². The maximum absolute atomic E-state index is 9.65. The molecule has 0 rings (SSSR count). The first-order valence-corrected chi connectivity index (χ1v) is 3.03. The van der Waals surface area contributed by atoms with E-state index in [1.54, 1.807) is 0 Å². The zero-order valence-electron chi connectivity index (χ0n) is 6.28. The summed E-state index contributed by atoms with van der Waals surface area (Å²) in [6.07, 6.45) is 0.422. The number of rotatable bonds is 3. The van der Waals surface area contributed by atoms with Crippen molar-refractivity contribution in [1.29, 1.82) is 0 Å². The molecule has 5 heteroatoms. The third kappa shape index (κ3) is 50.4. The van der Waals surface area contributed by atoms with E-state index in [0.717, 1.165) is 6.92 Å². The van der Waals surface area contributed by atoms with Crippen molar-refractivity contribution in [2.45, 2.75) is 19.8 Å². The molecular formula is C6H12O5. The number of carboxylic acids is 2. The predicted molar refractivity (Wildman–Crippen MR) is 37.3 cm³/mol. The fourth-order valence-electron chi connectivity index (χ4n) is 0.230. The van der Waals surface area contributed by atoms with Crippen molar-refractivity contribution in [2.24, 2.45) is 0 Å². The molecule has 0 heterocycles. The summed E-state index contributed by atoms with van der Waals surface area (Å²) in [4.78, 5) is 18.6. The van der Waals surface area contributed by atoms with Gasteiger partial charge < -0.3 is 15.3 Å². The van der Waals surface area contributed by atoms with Crippen molar-refractivity contribution in [3.63, 3.8) is 0 Å². The molecule has 0 aromatic rings. The molecule has 0 amide bonds. The Labute approximate surface area is 64.3 Å². The van der Waals surface area contributed by atoms with Gasteiger partial charge in [-0.25, -0.2) is 0 Å². The zero-order valence-corrected chi connectivity index (χ0v) is 6.28. The van der Waals surface area contributed by atoms with E-state index in [1.807, 2.05) is 0 Å². The Morgan fingerprint density at radius 1 is 1.27 bits per heavy atom. The van der Waals surface area contributed by atoms with Crippen molar-refractivity contribution in [2.75, 3.05) is 6.61 Å². The molecule has 0 aliphatic carbocycles. The normalized spacial score (nSPS) is 7.82. The van der Waals surface area contributed by atoms with E-state index in [1.165, 1.54) is 0 Å². The lowest BCUT2D eigenvalue weighted by atomic mass is 10.3. The van der Waals surface area contributed by atoms with Crippen LogP contribution in [0.2, 0.25) is 0 Å². The fraction of sp³-hybridized carbons (Fsp3) is 0.667. The van der Waals surface area contributed by atoms with E-state index >= 15 is 0 Å². The lowest BCUT2D eigenvalue weighted by Crippen LogP contribution is -1.95. The summed E-state index contributed by atoms with van der Waals surface area (Å²) in [5, 5.41) is 23.4. The molecule has 0 saturated carbocycles. The van der Waals surface area contributed by atoms with Gasteiger partial charge in [-0.1, -0.05) is 0 Å². The second-order valence-electron chi connectivity index (χ2n) is 1.74. The van der Waals surface area contributed by atoms with Crippen molar-refractivity contribution >= 4 is 11.9 Å². The second-order valence-corrected chi connectivity index (χ2v) is 1.74. The first kappa shape index (κ1) is 12.6. The summed E-state index contributed by atoms with van der Waals surface area (Å²) in [5.74, 6) is -1.69. The highest BCUT2D eigenvalue weighted by molar-refractivity contribution is 5.66. The molecule has 0 saturated heterocycles. The van der Waals surface area contributed by atoms with Gasteiger partial charge in [0.2, 0.25) is 0 Å². The van der Waals surface area contributed by atoms with Gasteiger partial charge in [0.15, 0.2) is 0 Å². The van der Waals surface area contributed by atoms with Crippen LogP contribution in [0.1, 0.15) is 19.8 Å². The molecule has 0 fully saturated rings. The van der Waals surface area contributed by atoms with E-state index in [-0.39, 0.29) is 13.0 Å². The molecule has 0 aliphatic rings.